The molecule has 4 nitrogen and oxygen atoms in total. The summed E-state index contributed by atoms with van der Waals surface area (Å²) < 4.78 is 29.6. The van der Waals surface area contributed by atoms with Crippen molar-refractivity contribution in [3.05, 3.63) is 93.5 Å². The number of rotatable bonds is 3. The summed E-state index contributed by atoms with van der Waals surface area (Å²) in [6.07, 6.45) is 5.46. The summed E-state index contributed by atoms with van der Waals surface area (Å²) in [5.74, 6) is 0. The van der Waals surface area contributed by atoms with E-state index in [0.717, 1.165) is 31.4 Å². The average molecular weight is 471 g/mol. The van der Waals surface area contributed by atoms with E-state index in [1.807, 2.05) is 60.8 Å². The molecule has 7 heteroatoms. The van der Waals surface area contributed by atoms with Crippen LogP contribution in [-0.2, 0) is 10.0 Å². The van der Waals surface area contributed by atoms with Crippen LogP contribution in [0.3, 0.4) is 0 Å². The number of nitrogens with one attached hydrogen (secondary N) is 1. The number of aromatic amines is 1. The smallest absolute Gasteiger partial charge is 0.274 e. The Morgan fingerprint density at radius 1 is 0.964 bits per heavy atom. The molecule has 140 valence electrons. The van der Waals surface area contributed by atoms with Gasteiger partial charge in [-0.15, -0.1) is 11.3 Å². The predicted octanol–water partition coefficient (Wildman–Crippen LogP) is 5.76. The third-order valence-electron chi connectivity index (χ3n) is 4.94. The highest BCUT2D eigenvalue weighted by atomic mass is 79.9. The normalized spacial score (nSPS) is 16.5. The van der Waals surface area contributed by atoms with Gasteiger partial charge in [-0.3, -0.25) is 4.31 Å². The van der Waals surface area contributed by atoms with Crippen LogP contribution in [0.25, 0.3) is 17.0 Å². The van der Waals surface area contributed by atoms with Gasteiger partial charge in [0.2, 0.25) is 0 Å². The van der Waals surface area contributed by atoms with Crippen LogP contribution in [0.4, 0.5) is 0 Å². The van der Waals surface area contributed by atoms with Gasteiger partial charge < -0.3 is 4.98 Å². The number of sulfonamides is 1. The summed E-state index contributed by atoms with van der Waals surface area (Å²) in [6, 6.07) is 18.9. The van der Waals surface area contributed by atoms with Crippen LogP contribution in [0.1, 0.15) is 22.7 Å². The van der Waals surface area contributed by atoms with E-state index in [1.54, 1.807) is 18.3 Å². The quantitative estimate of drug-likeness (QED) is 0.413. The minimum Gasteiger partial charge on any atom is -0.361 e. The molecule has 1 unspecified atom stereocenters. The van der Waals surface area contributed by atoms with E-state index in [4.69, 9.17) is 0 Å². The van der Waals surface area contributed by atoms with E-state index in [-0.39, 0.29) is 0 Å². The Bertz CT molecular complexity index is 1320. The molecule has 0 bridgehead atoms. The number of halogens is 1. The molecule has 0 aliphatic carbocycles. The van der Waals surface area contributed by atoms with Crippen LogP contribution >= 0.6 is 27.3 Å². The maximum absolute atomic E-state index is 13.5. The monoisotopic (exact) mass is 470 g/mol. The first-order valence-corrected chi connectivity index (χ1v) is 11.7. The second kappa shape index (κ2) is 6.62. The van der Waals surface area contributed by atoms with E-state index in [2.05, 4.69) is 20.9 Å². The molecule has 1 atom stereocenters. The van der Waals surface area contributed by atoms with E-state index in [9.17, 15) is 8.42 Å². The van der Waals surface area contributed by atoms with Crippen LogP contribution in [-0.4, -0.2) is 17.7 Å². The highest BCUT2D eigenvalue weighted by Gasteiger charge is 2.36. The zero-order valence-electron chi connectivity index (χ0n) is 14.5. The summed E-state index contributed by atoms with van der Waals surface area (Å²) in [7, 11) is -3.71. The molecule has 0 saturated heterocycles. The minimum absolute atomic E-state index is 0.313. The molecule has 2 aromatic heterocycles. The topological polar surface area (TPSA) is 53.2 Å². The molecule has 28 heavy (non-hydrogen) atoms. The summed E-state index contributed by atoms with van der Waals surface area (Å²) in [6.45, 7) is 0. The maximum atomic E-state index is 13.5. The Morgan fingerprint density at radius 2 is 1.75 bits per heavy atom. The lowest BCUT2D eigenvalue weighted by Gasteiger charge is -2.33. The largest absolute Gasteiger partial charge is 0.361 e. The fourth-order valence-corrected chi connectivity index (χ4v) is 7.24. The van der Waals surface area contributed by atoms with Gasteiger partial charge in [0.05, 0.1) is 9.83 Å². The van der Waals surface area contributed by atoms with Crippen molar-refractivity contribution in [2.24, 2.45) is 0 Å². The van der Waals surface area contributed by atoms with Gasteiger partial charge in [0, 0.05) is 28.9 Å². The summed E-state index contributed by atoms with van der Waals surface area (Å²) in [5.41, 5.74) is 3.91. The second-order valence-corrected chi connectivity index (χ2v) is 11.1. The molecule has 4 aromatic rings. The van der Waals surface area contributed by atoms with Gasteiger partial charge >= 0.3 is 0 Å². The first-order chi connectivity index (χ1) is 13.6. The van der Waals surface area contributed by atoms with Crippen molar-refractivity contribution in [2.75, 3.05) is 0 Å². The Hall–Kier alpha value is -2.35. The molecular weight excluding hydrogens is 456 g/mol. The molecule has 2 aromatic carbocycles. The number of benzene rings is 2. The molecule has 1 aliphatic heterocycles. The molecule has 1 aliphatic rings. The van der Waals surface area contributed by atoms with Gasteiger partial charge in [-0.2, -0.15) is 0 Å². The van der Waals surface area contributed by atoms with Crippen LogP contribution in [0.5, 0.6) is 0 Å². The standard InChI is InChI=1S/C21H15BrN2O2S2/c22-19-9-10-20(27-19)28(25,26)24-12-11-14-5-1-2-6-15(14)21(24)17-13-23-18-8-4-3-7-16(17)18/h1-13,21,23H. The number of para-hydroxylation sites is 1. The third kappa shape index (κ3) is 2.73. The van der Waals surface area contributed by atoms with Gasteiger partial charge in [0.1, 0.15) is 4.21 Å². The van der Waals surface area contributed by atoms with Crippen LogP contribution < -0.4 is 0 Å². The number of aromatic nitrogens is 1. The van der Waals surface area contributed by atoms with Crippen molar-refractivity contribution in [2.45, 2.75) is 10.3 Å². The van der Waals surface area contributed by atoms with E-state index in [1.165, 1.54) is 15.6 Å². The third-order valence-corrected chi connectivity index (χ3v) is 8.77. The summed E-state index contributed by atoms with van der Waals surface area (Å²) in [4.78, 5) is 3.28. The number of nitrogens with zero attached hydrogens (tertiary/aromatic N) is 1. The molecule has 1 N–H and O–H groups in total. The van der Waals surface area contributed by atoms with Crippen molar-refractivity contribution in [3.8, 4) is 0 Å². The van der Waals surface area contributed by atoms with Crippen LogP contribution in [0.2, 0.25) is 0 Å². The van der Waals surface area contributed by atoms with Crippen molar-refractivity contribution >= 4 is 54.3 Å². The SMILES string of the molecule is O=S(=O)(c1ccc(Br)s1)N1C=Cc2ccccc2C1c1c[nH]c2ccccc12. The highest BCUT2D eigenvalue weighted by Crippen LogP contribution is 2.42. The van der Waals surface area contributed by atoms with Gasteiger partial charge in [-0.25, -0.2) is 8.42 Å². The van der Waals surface area contributed by atoms with Crippen LogP contribution in [0.15, 0.2) is 81.1 Å². The van der Waals surface area contributed by atoms with Gasteiger partial charge in [0.15, 0.2) is 0 Å². The number of H-pyrrole nitrogens is 1. The molecule has 0 saturated carbocycles. The summed E-state index contributed by atoms with van der Waals surface area (Å²) in [5, 5.41) is 1.02. The maximum Gasteiger partial charge on any atom is 0.274 e. The Morgan fingerprint density at radius 3 is 2.57 bits per heavy atom. The van der Waals surface area contributed by atoms with E-state index < -0.39 is 16.1 Å². The Kier molecular flexibility index (Phi) is 4.19. The molecule has 5 rings (SSSR count). The Balaban J connectivity index is 1.75. The lowest BCUT2D eigenvalue weighted by molar-refractivity contribution is 0.450. The van der Waals surface area contributed by atoms with Crippen LogP contribution in [0, 0.1) is 0 Å². The fraction of sp³-hybridized carbons (Fsp3) is 0.0476. The average Bonchev–Trinajstić information content (AvgIpc) is 3.34. The molecule has 0 amide bonds. The first kappa shape index (κ1) is 17.7. The zero-order valence-corrected chi connectivity index (χ0v) is 17.8. The molecule has 0 radical (unpaired) electrons. The predicted molar refractivity (Wildman–Crippen MR) is 117 cm³/mol. The zero-order chi connectivity index (χ0) is 19.3. The molecular formula is C21H15BrN2O2S2. The van der Waals surface area contributed by atoms with E-state index >= 15 is 0 Å². The summed E-state index contributed by atoms with van der Waals surface area (Å²) >= 11 is 4.59. The van der Waals surface area contributed by atoms with Crippen molar-refractivity contribution in [3.63, 3.8) is 0 Å². The Labute approximate surface area is 175 Å². The number of hydrogen-bond acceptors (Lipinski definition) is 3. The van der Waals surface area contributed by atoms with Crippen molar-refractivity contribution in [1.29, 1.82) is 0 Å². The van der Waals surface area contributed by atoms with Gasteiger partial charge in [-0.1, -0.05) is 42.5 Å². The van der Waals surface area contributed by atoms with Gasteiger partial charge in [-0.05, 0) is 51.3 Å². The van der Waals surface area contributed by atoms with Crippen molar-refractivity contribution in [1.82, 2.24) is 9.29 Å². The molecule has 3 heterocycles. The van der Waals surface area contributed by atoms with Crippen molar-refractivity contribution < 1.29 is 8.42 Å². The lowest BCUT2D eigenvalue weighted by Crippen LogP contribution is -2.32. The number of hydrogen-bond donors (Lipinski definition) is 1. The number of fused-ring (bicyclic) bond motifs is 2. The fourth-order valence-electron chi connectivity index (χ4n) is 3.67. The van der Waals surface area contributed by atoms with Gasteiger partial charge in [0.25, 0.3) is 10.0 Å². The first-order valence-electron chi connectivity index (χ1n) is 8.68. The second-order valence-electron chi connectivity index (χ2n) is 6.53. The number of thiophene rings is 1. The lowest BCUT2D eigenvalue weighted by atomic mass is 9.92. The van der Waals surface area contributed by atoms with E-state index in [0.29, 0.717) is 4.21 Å². The molecule has 0 fully saturated rings. The molecule has 0 spiro atoms. The highest BCUT2D eigenvalue weighted by molar-refractivity contribution is 9.11. The minimum atomic E-state index is -3.71.